The van der Waals surface area contributed by atoms with Gasteiger partial charge in [-0.15, -0.1) is 0 Å². The van der Waals surface area contributed by atoms with Gasteiger partial charge in [0, 0.05) is 46.6 Å². The Morgan fingerprint density at radius 3 is 2.56 bits per heavy atom. The molecule has 0 aromatic heterocycles. The first kappa shape index (κ1) is 24.8. The Kier molecular flexibility index (Phi) is 11.1. The number of likely N-dealkylation sites (tertiary alicyclic amines) is 1. The fourth-order valence-electron chi connectivity index (χ4n) is 4.47. The van der Waals surface area contributed by atoms with Crippen LogP contribution in [0.5, 0.6) is 5.75 Å². The van der Waals surface area contributed by atoms with Crippen LogP contribution in [0.2, 0.25) is 0 Å². The molecule has 0 saturated carbocycles. The molecule has 2 saturated heterocycles. The lowest BCUT2D eigenvalue weighted by molar-refractivity contribution is 0.0203. The molecule has 7 heteroatoms. The van der Waals surface area contributed by atoms with Crippen molar-refractivity contribution in [1.29, 1.82) is 0 Å². The van der Waals surface area contributed by atoms with Crippen LogP contribution >= 0.6 is 0 Å². The van der Waals surface area contributed by atoms with Crippen LogP contribution in [-0.4, -0.2) is 77.6 Å². The van der Waals surface area contributed by atoms with Crippen molar-refractivity contribution in [2.24, 2.45) is 10.9 Å². The van der Waals surface area contributed by atoms with E-state index in [1.807, 2.05) is 7.05 Å². The van der Waals surface area contributed by atoms with Gasteiger partial charge in [0.15, 0.2) is 5.96 Å². The van der Waals surface area contributed by atoms with Crippen LogP contribution in [0.25, 0.3) is 0 Å². The number of rotatable bonds is 11. The van der Waals surface area contributed by atoms with Gasteiger partial charge in [-0.2, -0.15) is 0 Å². The average molecular weight is 447 g/mol. The van der Waals surface area contributed by atoms with E-state index in [1.54, 1.807) is 7.11 Å². The first-order chi connectivity index (χ1) is 15.8. The maximum absolute atomic E-state index is 5.87. The van der Waals surface area contributed by atoms with Gasteiger partial charge in [0.2, 0.25) is 0 Å². The topological polar surface area (TPSA) is 67.4 Å². The van der Waals surface area contributed by atoms with Crippen molar-refractivity contribution in [2.75, 3.05) is 66.8 Å². The summed E-state index contributed by atoms with van der Waals surface area (Å²) in [5.74, 6) is 2.41. The number of guanidine groups is 1. The predicted octanol–water partition coefficient (Wildman–Crippen LogP) is 3.22. The summed E-state index contributed by atoms with van der Waals surface area (Å²) in [5, 5.41) is 6.98. The number of nitrogens with one attached hydrogen (secondary N) is 2. The van der Waals surface area contributed by atoms with Crippen molar-refractivity contribution in [3.8, 4) is 5.75 Å². The molecule has 1 unspecified atom stereocenters. The molecule has 0 radical (unpaired) electrons. The Balaban J connectivity index is 1.41. The number of aliphatic imine (C=N–C) groups is 1. The Hall–Kier alpha value is -1.83. The molecule has 0 bridgehead atoms. The molecule has 3 rings (SSSR count). The molecule has 1 aromatic carbocycles. The third kappa shape index (κ3) is 8.26. The molecule has 7 nitrogen and oxygen atoms in total. The first-order valence-corrected chi connectivity index (χ1v) is 12.3. The second-order valence-corrected chi connectivity index (χ2v) is 8.75. The van der Waals surface area contributed by atoms with Crippen LogP contribution in [0.1, 0.15) is 50.1 Å². The van der Waals surface area contributed by atoms with Crippen LogP contribution in [0.4, 0.5) is 0 Å². The fourth-order valence-corrected chi connectivity index (χ4v) is 4.47. The summed E-state index contributed by atoms with van der Waals surface area (Å²) >= 11 is 0. The molecule has 0 amide bonds. The lowest BCUT2D eigenvalue weighted by Crippen LogP contribution is -2.44. The molecule has 0 spiro atoms. The summed E-state index contributed by atoms with van der Waals surface area (Å²) in [6.07, 6.45) is 7.10. The third-order valence-corrected chi connectivity index (χ3v) is 6.47. The molecule has 32 heavy (non-hydrogen) atoms. The lowest BCUT2D eigenvalue weighted by Gasteiger charge is -2.35. The van der Waals surface area contributed by atoms with E-state index < -0.39 is 0 Å². The molecule has 1 atom stereocenters. The normalized spacial score (nSPS) is 19.5. The van der Waals surface area contributed by atoms with E-state index in [2.05, 4.69) is 44.8 Å². The molecular weight excluding hydrogens is 404 g/mol. The van der Waals surface area contributed by atoms with Gasteiger partial charge < -0.3 is 24.8 Å². The second-order valence-electron chi connectivity index (χ2n) is 8.75. The van der Waals surface area contributed by atoms with Gasteiger partial charge in [0.05, 0.1) is 13.2 Å². The number of piperidine rings is 1. The maximum atomic E-state index is 5.87. The molecule has 2 aliphatic heterocycles. The number of methoxy groups -OCH3 is 1. The molecule has 180 valence electrons. The van der Waals surface area contributed by atoms with Crippen LogP contribution in [0.15, 0.2) is 29.3 Å². The summed E-state index contributed by atoms with van der Waals surface area (Å²) in [4.78, 5) is 7.01. The van der Waals surface area contributed by atoms with Crippen molar-refractivity contribution in [2.45, 2.75) is 44.6 Å². The minimum absolute atomic E-state index is 0.322. The van der Waals surface area contributed by atoms with Crippen molar-refractivity contribution in [1.82, 2.24) is 15.5 Å². The number of hydrogen-bond acceptors (Lipinski definition) is 5. The molecule has 1 aromatic rings. The van der Waals surface area contributed by atoms with E-state index in [9.17, 15) is 0 Å². The zero-order valence-corrected chi connectivity index (χ0v) is 20.0. The monoisotopic (exact) mass is 446 g/mol. The minimum Gasteiger partial charge on any atom is -0.497 e. The number of ether oxygens (including phenoxy) is 3. The van der Waals surface area contributed by atoms with E-state index in [1.165, 1.54) is 24.8 Å². The van der Waals surface area contributed by atoms with Crippen molar-refractivity contribution >= 4 is 5.96 Å². The Bertz CT molecular complexity index is 656. The van der Waals surface area contributed by atoms with Gasteiger partial charge in [0.25, 0.3) is 0 Å². The summed E-state index contributed by atoms with van der Waals surface area (Å²) in [6, 6.07) is 8.80. The highest BCUT2D eigenvalue weighted by atomic mass is 16.5. The fraction of sp³-hybridized carbons (Fsp3) is 0.720. The summed E-state index contributed by atoms with van der Waals surface area (Å²) in [5.41, 5.74) is 1.32. The van der Waals surface area contributed by atoms with Gasteiger partial charge in [-0.1, -0.05) is 18.6 Å². The smallest absolute Gasteiger partial charge is 0.191 e. The van der Waals surface area contributed by atoms with Crippen molar-refractivity contribution in [3.05, 3.63) is 29.8 Å². The van der Waals surface area contributed by atoms with Crippen LogP contribution in [-0.2, 0) is 9.47 Å². The third-order valence-electron chi connectivity index (χ3n) is 6.47. The molecule has 2 aliphatic rings. The van der Waals surface area contributed by atoms with Crippen LogP contribution < -0.4 is 15.4 Å². The second kappa shape index (κ2) is 14.3. The van der Waals surface area contributed by atoms with Crippen molar-refractivity contribution < 1.29 is 14.2 Å². The highest BCUT2D eigenvalue weighted by molar-refractivity contribution is 5.79. The van der Waals surface area contributed by atoms with E-state index in [0.29, 0.717) is 12.0 Å². The SMILES string of the molecule is CN=C(NCCCOCC1CCOCC1)NCC(c1ccc(OC)cc1)N1CCCCC1. The van der Waals surface area contributed by atoms with Crippen molar-refractivity contribution in [3.63, 3.8) is 0 Å². The van der Waals surface area contributed by atoms with E-state index in [-0.39, 0.29) is 0 Å². The van der Waals surface area contributed by atoms with Gasteiger partial charge in [-0.05, 0) is 68.8 Å². The zero-order chi connectivity index (χ0) is 22.4. The van der Waals surface area contributed by atoms with Gasteiger partial charge in [-0.25, -0.2) is 0 Å². The summed E-state index contributed by atoms with van der Waals surface area (Å²) in [6.45, 7) is 7.37. The zero-order valence-electron chi connectivity index (χ0n) is 20.0. The van der Waals surface area contributed by atoms with Gasteiger partial charge in [-0.3, -0.25) is 9.89 Å². The Morgan fingerprint density at radius 1 is 1.12 bits per heavy atom. The Labute approximate surface area is 193 Å². The van der Waals surface area contributed by atoms with E-state index in [0.717, 1.165) is 83.6 Å². The Morgan fingerprint density at radius 2 is 1.88 bits per heavy atom. The number of nitrogens with zero attached hydrogens (tertiary/aromatic N) is 2. The maximum Gasteiger partial charge on any atom is 0.191 e. The minimum atomic E-state index is 0.322. The number of benzene rings is 1. The van der Waals surface area contributed by atoms with Gasteiger partial charge >= 0.3 is 0 Å². The molecule has 0 aliphatic carbocycles. The standard InChI is InChI=1S/C25H42N4O3/c1-26-25(27-13-6-16-32-20-21-11-17-31-18-12-21)28-19-24(29-14-4-3-5-15-29)22-7-9-23(30-2)10-8-22/h7-10,21,24H,3-6,11-20H2,1-2H3,(H2,26,27,28). The van der Waals surface area contributed by atoms with E-state index in [4.69, 9.17) is 14.2 Å². The molecular formula is C25H42N4O3. The molecule has 2 fully saturated rings. The van der Waals surface area contributed by atoms with E-state index >= 15 is 0 Å². The lowest BCUT2D eigenvalue weighted by atomic mass is 10.0. The largest absolute Gasteiger partial charge is 0.497 e. The number of hydrogen-bond donors (Lipinski definition) is 2. The average Bonchev–Trinajstić information content (AvgIpc) is 2.86. The van der Waals surface area contributed by atoms with Crippen LogP contribution in [0, 0.1) is 5.92 Å². The highest BCUT2D eigenvalue weighted by Crippen LogP contribution is 2.25. The molecule has 2 N–H and O–H groups in total. The highest BCUT2D eigenvalue weighted by Gasteiger charge is 2.22. The molecule has 2 heterocycles. The quantitative estimate of drug-likeness (QED) is 0.309. The van der Waals surface area contributed by atoms with Crippen LogP contribution in [0.3, 0.4) is 0 Å². The first-order valence-electron chi connectivity index (χ1n) is 12.3. The predicted molar refractivity (Wildman–Crippen MR) is 130 cm³/mol. The summed E-state index contributed by atoms with van der Waals surface area (Å²) < 4.78 is 16.6. The van der Waals surface area contributed by atoms with Gasteiger partial charge in [0.1, 0.15) is 5.75 Å². The summed E-state index contributed by atoms with van der Waals surface area (Å²) in [7, 11) is 3.55.